The molecular formula is C14H14OS2. The first kappa shape index (κ1) is 12.4. The summed E-state index contributed by atoms with van der Waals surface area (Å²) in [5.74, 6) is 1.18. The third-order valence-corrected chi connectivity index (χ3v) is 4.21. The maximum Gasteiger partial charge on any atom is 0.159 e. The Bertz CT molecular complexity index is 489. The van der Waals surface area contributed by atoms with Crippen LogP contribution in [0.25, 0.3) is 0 Å². The fraction of sp³-hybridized carbons (Fsp3) is 0.214. The van der Waals surface area contributed by atoms with Gasteiger partial charge < -0.3 is 0 Å². The molecule has 1 aromatic carbocycles. The van der Waals surface area contributed by atoms with Crippen molar-refractivity contribution in [3.8, 4) is 0 Å². The van der Waals surface area contributed by atoms with E-state index >= 15 is 0 Å². The first-order valence-electron chi connectivity index (χ1n) is 5.50. The number of carbonyl (C=O) groups excluding carboxylic acids is 1. The summed E-state index contributed by atoms with van der Waals surface area (Å²) in [5.41, 5.74) is 2.19. The van der Waals surface area contributed by atoms with Crippen LogP contribution in [0.5, 0.6) is 0 Å². The number of ketones is 1. The van der Waals surface area contributed by atoms with Crippen LogP contribution < -0.4 is 0 Å². The summed E-state index contributed by atoms with van der Waals surface area (Å²) in [6, 6.07) is 10.0. The number of carbonyl (C=O) groups is 1. The molecule has 2 rings (SSSR count). The van der Waals surface area contributed by atoms with Crippen LogP contribution in [-0.2, 0) is 6.42 Å². The summed E-state index contributed by atoms with van der Waals surface area (Å²) >= 11 is 3.54. The monoisotopic (exact) mass is 262 g/mol. The predicted molar refractivity (Wildman–Crippen MR) is 75.2 cm³/mol. The Hall–Kier alpha value is -1.06. The second-order valence-corrected chi connectivity index (χ2v) is 5.76. The number of hydrogen-bond donors (Lipinski definition) is 0. The molecule has 0 spiro atoms. The topological polar surface area (TPSA) is 17.1 Å². The molecule has 0 saturated heterocycles. The fourth-order valence-electron chi connectivity index (χ4n) is 1.53. The number of rotatable bonds is 5. The highest BCUT2D eigenvalue weighted by molar-refractivity contribution is 7.99. The maximum absolute atomic E-state index is 11.3. The molecule has 2 aromatic rings. The third-order valence-electron chi connectivity index (χ3n) is 2.48. The van der Waals surface area contributed by atoms with Gasteiger partial charge in [0.05, 0.1) is 0 Å². The van der Waals surface area contributed by atoms with E-state index < -0.39 is 0 Å². The average Bonchev–Trinajstić information content (AvgIpc) is 2.82. The molecule has 1 aromatic heterocycles. The molecule has 0 aliphatic rings. The quantitative estimate of drug-likeness (QED) is 0.591. The zero-order valence-corrected chi connectivity index (χ0v) is 11.3. The zero-order valence-electron chi connectivity index (χ0n) is 9.68. The van der Waals surface area contributed by atoms with Gasteiger partial charge in [-0.3, -0.25) is 4.79 Å². The van der Waals surface area contributed by atoms with Gasteiger partial charge in [-0.2, -0.15) is 11.3 Å². The van der Waals surface area contributed by atoms with Crippen molar-refractivity contribution >= 4 is 28.9 Å². The first-order valence-corrected chi connectivity index (χ1v) is 7.43. The van der Waals surface area contributed by atoms with E-state index in [1.165, 1.54) is 10.5 Å². The van der Waals surface area contributed by atoms with Crippen molar-refractivity contribution in [1.82, 2.24) is 0 Å². The lowest BCUT2D eigenvalue weighted by Crippen LogP contribution is -1.92. The van der Waals surface area contributed by atoms with Gasteiger partial charge >= 0.3 is 0 Å². The molecule has 88 valence electrons. The van der Waals surface area contributed by atoms with Crippen LogP contribution in [0.1, 0.15) is 22.8 Å². The normalized spacial score (nSPS) is 10.4. The standard InChI is InChI=1S/C14H14OS2/c1-11(15)13-3-2-4-14(9-13)17-8-6-12-5-7-16-10-12/h2-5,7,9-10H,6,8H2,1H3. The van der Waals surface area contributed by atoms with Crippen LogP contribution in [0, 0.1) is 0 Å². The van der Waals surface area contributed by atoms with Crippen molar-refractivity contribution in [3.05, 3.63) is 52.2 Å². The number of hydrogen-bond acceptors (Lipinski definition) is 3. The smallest absolute Gasteiger partial charge is 0.159 e. The number of benzene rings is 1. The zero-order chi connectivity index (χ0) is 12.1. The van der Waals surface area contributed by atoms with Crippen LogP contribution >= 0.6 is 23.1 Å². The highest BCUT2D eigenvalue weighted by Crippen LogP contribution is 2.21. The van der Waals surface area contributed by atoms with E-state index in [0.29, 0.717) is 0 Å². The summed E-state index contributed by atoms with van der Waals surface area (Å²) in [7, 11) is 0. The Morgan fingerprint density at radius 2 is 2.24 bits per heavy atom. The Morgan fingerprint density at radius 3 is 2.94 bits per heavy atom. The fourth-order valence-corrected chi connectivity index (χ4v) is 3.19. The largest absolute Gasteiger partial charge is 0.295 e. The van der Waals surface area contributed by atoms with Crippen LogP contribution in [0.2, 0.25) is 0 Å². The molecule has 17 heavy (non-hydrogen) atoms. The molecule has 0 N–H and O–H groups in total. The minimum Gasteiger partial charge on any atom is -0.295 e. The van der Waals surface area contributed by atoms with Crippen molar-refractivity contribution in [2.75, 3.05) is 5.75 Å². The molecule has 3 heteroatoms. The summed E-state index contributed by atoms with van der Waals surface area (Å²) in [5, 5.41) is 4.29. The minimum atomic E-state index is 0.130. The molecule has 0 fully saturated rings. The van der Waals surface area contributed by atoms with E-state index in [0.717, 1.165) is 17.7 Å². The highest BCUT2D eigenvalue weighted by Gasteiger charge is 2.01. The number of thioether (sulfide) groups is 1. The lowest BCUT2D eigenvalue weighted by Gasteiger charge is -2.02. The van der Waals surface area contributed by atoms with Crippen LogP contribution in [0.15, 0.2) is 46.0 Å². The van der Waals surface area contributed by atoms with E-state index in [1.54, 1.807) is 30.0 Å². The van der Waals surface area contributed by atoms with E-state index in [4.69, 9.17) is 0 Å². The molecule has 1 nitrogen and oxygen atoms in total. The van der Waals surface area contributed by atoms with Gasteiger partial charge in [0.25, 0.3) is 0 Å². The molecule has 0 atom stereocenters. The molecule has 0 saturated carbocycles. The van der Waals surface area contributed by atoms with Crippen molar-refractivity contribution < 1.29 is 4.79 Å². The van der Waals surface area contributed by atoms with Gasteiger partial charge in [-0.15, -0.1) is 11.8 Å². The van der Waals surface area contributed by atoms with E-state index in [2.05, 4.69) is 22.9 Å². The molecule has 0 aliphatic heterocycles. The average molecular weight is 262 g/mol. The summed E-state index contributed by atoms with van der Waals surface area (Å²) in [6.45, 7) is 1.61. The molecule has 0 aliphatic carbocycles. The second kappa shape index (κ2) is 6.03. The Balaban J connectivity index is 1.90. The minimum absolute atomic E-state index is 0.130. The number of thiophene rings is 1. The van der Waals surface area contributed by atoms with E-state index in [9.17, 15) is 4.79 Å². The van der Waals surface area contributed by atoms with Crippen LogP contribution in [0.3, 0.4) is 0 Å². The lowest BCUT2D eigenvalue weighted by atomic mass is 10.2. The lowest BCUT2D eigenvalue weighted by molar-refractivity contribution is 0.101. The van der Waals surface area contributed by atoms with Gasteiger partial charge in [0.1, 0.15) is 0 Å². The van der Waals surface area contributed by atoms with Gasteiger partial charge in [0, 0.05) is 16.2 Å². The van der Waals surface area contributed by atoms with E-state index in [-0.39, 0.29) is 5.78 Å². The molecule has 1 heterocycles. The molecule has 0 radical (unpaired) electrons. The van der Waals surface area contributed by atoms with Crippen molar-refractivity contribution in [1.29, 1.82) is 0 Å². The van der Waals surface area contributed by atoms with Crippen LogP contribution in [0.4, 0.5) is 0 Å². The van der Waals surface area contributed by atoms with Gasteiger partial charge in [-0.1, -0.05) is 12.1 Å². The van der Waals surface area contributed by atoms with Crippen LogP contribution in [-0.4, -0.2) is 11.5 Å². The number of aryl methyl sites for hydroxylation is 1. The highest BCUT2D eigenvalue weighted by atomic mass is 32.2. The Labute approximate surface area is 110 Å². The Morgan fingerprint density at radius 1 is 1.35 bits per heavy atom. The molecular weight excluding hydrogens is 248 g/mol. The predicted octanol–water partition coefficient (Wildman–Crippen LogP) is 4.29. The molecule has 0 amide bonds. The van der Waals surface area contributed by atoms with Gasteiger partial charge in [0.2, 0.25) is 0 Å². The van der Waals surface area contributed by atoms with Crippen molar-refractivity contribution in [3.63, 3.8) is 0 Å². The van der Waals surface area contributed by atoms with Gasteiger partial charge in [-0.05, 0) is 47.9 Å². The molecule has 0 bridgehead atoms. The Kier molecular flexibility index (Phi) is 4.40. The summed E-state index contributed by atoms with van der Waals surface area (Å²) in [6.07, 6.45) is 1.08. The van der Waals surface area contributed by atoms with Crippen molar-refractivity contribution in [2.45, 2.75) is 18.2 Å². The first-order chi connectivity index (χ1) is 8.25. The third kappa shape index (κ3) is 3.72. The van der Waals surface area contributed by atoms with E-state index in [1.807, 2.05) is 18.2 Å². The summed E-state index contributed by atoms with van der Waals surface area (Å²) in [4.78, 5) is 12.4. The SMILES string of the molecule is CC(=O)c1cccc(SCCc2ccsc2)c1. The summed E-state index contributed by atoms with van der Waals surface area (Å²) < 4.78 is 0. The number of Topliss-reactive ketones (excluding diaryl/α,β-unsaturated/α-hetero) is 1. The maximum atomic E-state index is 11.3. The second-order valence-electron chi connectivity index (χ2n) is 3.81. The van der Waals surface area contributed by atoms with Gasteiger partial charge in [-0.25, -0.2) is 0 Å². The van der Waals surface area contributed by atoms with Crippen molar-refractivity contribution in [2.24, 2.45) is 0 Å². The molecule has 0 unspecified atom stereocenters. The van der Waals surface area contributed by atoms with Gasteiger partial charge in [0.15, 0.2) is 5.78 Å².